The smallest absolute Gasteiger partial charge is 0.357 e. The van der Waals surface area contributed by atoms with Crippen LogP contribution in [0.4, 0.5) is 24.5 Å². The maximum atomic E-state index is 13.1. The molecule has 1 fully saturated rings. The van der Waals surface area contributed by atoms with Gasteiger partial charge in [-0.2, -0.15) is 13.2 Å². The van der Waals surface area contributed by atoms with Gasteiger partial charge in [0.15, 0.2) is 5.65 Å². The third-order valence-electron chi connectivity index (χ3n) is 4.61. The molecule has 5 rings (SSSR count). The highest BCUT2D eigenvalue weighted by atomic mass is 19.4. The summed E-state index contributed by atoms with van der Waals surface area (Å²) in [4.78, 5) is 8.38. The van der Waals surface area contributed by atoms with Crippen LogP contribution < -0.4 is 10.6 Å². The number of aliphatic hydroxyl groups excluding tert-OH is 1. The van der Waals surface area contributed by atoms with Crippen LogP contribution in [0.1, 0.15) is 30.3 Å². The van der Waals surface area contributed by atoms with Gasteiger partial charge < -0.3 is 15.7 Å². The van der Waals surface area contributed by atoms with E-state index in [0.29, 0.717) is 16.9 Å². The summed E-state index contributed by atoms with van der Waals surface area (Å²) in [6, 6.07) is 7.64. The van der Waals surface area contributed by atoms with Gasteiger partial charge in [-0.3, -0.25) is 4.57 Å². The van der Waals surface area contributed by atoms with E-state index in [1.54, 1.807) is 22.8 Å². The van der Waals surface area contributed by atoms with E-state index in [9.17, 15) is 18.3 Å². The highest BCUT2D eigenvalue weighted by Gasteiger charge is 2.35. The quantitative estimate of drug-likeness (QED) is 0.652. The zero-order valence-corrected chi connectivity index (χ0v) is 13.4. The molecule has 0 amide bonds. The summed E-state index contributed by atoms with van der Waals surface area (Å²) in [7, 11) is 0. The first-order valence-electron chi connectivity index (χ1n) is 8.22. The zero-order valence-electron chi connectivity index (χ0n) is 13.4. The van der Waals surface area contributed by atoms with Gasteiger partial charge in [-0.25, -0.2) is 9.97 Å². The lowest BCUT2D eigenvalue weighted by atomic mass is 10.2. The number of imidazole rings is 1. The van der Waals surface area contributed by atoms with Crippen LogP contribution in [0, 0.1) is 0 Å². The number of nitrogens with one attached hydrogen (secondary N) is 2. The molecule has 2 aliphatic rings. The average molecular weight is 361 g/mol. The summed E-state index contributed by atoms with van der Waals surface area (Å²) < 4.78 is 41.0. The molecule has 2 aromatic heterocycles. The summed E-state index contributed by atoms with van der Waals surface area (Å²) in [5.41, 5.74) is 1.74. The summed E-state index contributed by atoms with van der Waals surface area (Å²) in [5.74, 6) is 0.946. The van der Waals surface area contributed by atoms with Crippen molar-refractivity contribution in [3.8, 4) is 5.69 Å². The maximum Gasteiger partial charge on any atom is 0.433 e. The molecule has 1 aliphatic heterocycles. The van der Waals surface area contributed by atoms with Crippen molar-refractivity contribution in [3.05, 3.63) is 41.9 Å². The second-order valence-corrected chi connectivity index (χ2v) is 6.54. The lowest BCUT2D eigenvalue weighted by Gasteiger charge is -2.11. The molecule has 26 heavy (non-hydrogen) atoms. The second kappa shape index (κ2) is 5.10. The van der Waals surface area contributed by atoms with Gasteiger partial charge in [0.05, 0.1) is 17.1 Å². The normalized spacial score (nSPS) is 19.3. The first kappa shape index (κ1) is 15.4. The minimum absolute atomic E-state index is 0.188. The van der Waals surface area contributed by atoms with Crippen molar-refractivity contribution in [3.63, 3.8) is 0 Å². The van der Waals surface area contributed by atoms with Crippen molar-refractivity contribution in [2.24, 2.45) is 0 Å². The zero-order chi connectivity index (χ0) is 18.1. The average Bonchev–Trinajstić information content (AvgIpc) is 3.25. The van der Waals surface area contributed by atoms with E-state index in [1.165, 1.54) is 6.07 Å². The second-order valence-electron chi connectivity index (χ2n) is 6.54. The number of anilines is 2. The van der Waals surface area contributed by atoms with Crippen LogP contribution >= 0.6 is 0 Å². The number of aromatic nitrogens is 3. The Hall–Kier alpha value is -2.81. The van der Waals surface area contributed by atoms with E-state index in [4.69, 9.17) is 0 Å². The van der Waals surface area contributed by atoms with Crippen LogP contribution in [0.15, 0.2) is 30.3 Å². The van der Waals surface area contributed by atoms with Gasteiger partial charge in [0, 0.05) is 5.92 Å². The molecular formula is C17H14F3N5O. The Morgan fingerprint density at radius 3 is 2.54 bits per heavy atom. The number of aliphatic hydroxyl groups is 1. The molecule has 0 saturated heterocycles. The molecule has 3 heterocycles. The van der Waals surface area contributed by atoms with Crippen molar-refractivity contribution < 1.29 is 18.3 Å². The van der Waals surface area contributed by atoms with Crippen LogP contribution in [0.5, 0.6) is 0 Å². The fourth-order valence-electron chi connectivity index (χ4n) is 3.25. The molecule has 0 radical (unpaired) electrons. The van der Waals surface area contributed by atoms with Gasteiger partial charge in [0.25, 0.3) is 0 Å². The molecule has 3 N–H and O–H groups in total. The van der Waals surface area contributed by atoms with E-state index in [2.05, 4.69) is 20.6 Å². The molecule has 9 heteroatoms. The topological polar surface area (TPSA) is 75.0 Å². The summed E-state index contributed by atoms with van der Waals surface area (Å²) in [6.45, 7) is 0. The molecule has 1 atom stereocenters. The van der Waals surface area contributed by atoms with E-state index in [-0.39, 0.29) is 11.6 Å². The Morgan fingerprint density at radius 1 is 1.04 bits per heavy atom. The minimum atomic E-state index is -4.52. The van der Waals surface area contributed by atoms with Gasteiger partial charge in [0.1, 0.15) is 17.0 Å². The van der Waals surface area contributed by atoms with E-state index in [1.807, 2.05) is 0 Å². The van der Waals surface area contributed by atoms with E-state index >= 15 is 0 Å². The van der Waals surface area contributed by atoms with Gasteiger partial charge in [-0.15, -0.1) is 0 Å². The number of alkyl halides is 3. The van der Waals surface area contributed by atoms with E-state index in [0.717, 1.165) is 30.4 Å². The molecule has 0 spiro atoms. The Labute approximate surface area is 145 Å². The first-order valence-corrected chi connectivity index (χ1v) is 8.22. The maximum absolute atomic E-state index is 13.1. The molecule has 1 saturated carbocycles. The summed E-state index contributed by atoms with van der Waals surface area (Å²) in [5, 5.41) is 15.3. The Balaban J connectivity index is 1.73. The van der Waals surface area contributed by atoms with E-state index < -0.39 is 18.2 Å². The largest absolute Gasteiger partial charge is 0.433 e. The van der Waals surface area contributed by atoms with Crippen molar-refractivity contribution in [1.82, 2.24) is 14.5 Å². The Kier molecular flexibility index (Phi) is 3.03. The number of rotatable bonds is 2. The SMILES string of the molecule is OC1Nc2ccc(-n3c(C4CC4)nc4ccc(C(F)(F)F)nc43)cc2N1. The molecule has 1 unspecified atom stereocenters. The number of fused-ring (bicyclic) bond motifs is 2. The molecule has 1 aliphatic carbocycles. The predicted molar refractivity (Wildman–Crippen MR) is 89.1 cm³/mol. The number of halogens is 3. The molecule has 3 aromatic rings. The molecular weight excluding hydrogens is 347 g/mol. The van der Waals surface area contributed by atoms with Gasteiger partial charge in [-0.1, -0.05) is 0 Å². The van der Waals surface area contributed by atoms with Crippen molar-refractivity contribution in [2.75, 3.05) is 10.6 Å². The van der Waals surface area contributed by atoms with Crippen molar-refractivity contribution >= 4 is 22.5 Å². The molecule has 0 bridgehead atoms. The van der Waals surface area contributed by atoms with Crippen molar-refractivity contribution in [2.45, 2.75) is 31.3 Å². The van der Waals surface area contributed by atoms with Crippen LogP contribution in [-0.2, 0) is 6.18 Å². The van der Waals surface area contributed by atoms with Crippen LogP contribution in [0.3, 0.4) is 0 Å². The highest BCUT2D eigenvalue weighted by Crippen LogP contribution is 2.42. The molecule has 6 nitrogen and oxygen atoms in total. The fourth-order valence-corrected chi connectivity index (χ4v) is 3.25. The lowest BCUT2D eigenvalue weighted by molar-refractivity contribution is -0.141. The fraction of sp³-hybridized carbons (Fsp3) is 0.294. The minimum Gasteiger partial charge on any atom is -0.357 e. The Morgan fingerprint density at radius 2 is 1.81 bits per heavy atom. The number of nitrogens with zero attached hydrogens (tertiary/aromatic N) is 3. The molecule has 134 valence electrons. The highest BCUT2D eigenvalue weighted by molar-refractivity contribution is 5.79. The number of benzene rings is 1. The summed E-state index contributed by atoms with van der Waals surface area (Å²) in [6.07, 6.45) is -3.49. The van der Waals surface area contributed by atoms with Gasteiger partial charge >= 0.3 is 6.18 Å². The van der Waals surface area contributed by atoms with Gasteiger partial charge in [0.2, 0.25) is 6.35 Å². The predicted octanol–water partition coefficient (Wildman–Crippen LogP) is 3.43. The third-order valence-corrected chi connectivity index (χ3v) is 4.61. The number of hydrogen-bond acceptors (Lipinski definition) is 5. The third kappa shape index (κ3) is 2.38. The number of hydrogen-bond donors (Lipinski definition) is 3. The Bertz CT molecular complexity index is 1030. The van der Waals surface area contributed by atoms with Gasteiger partial charge in [-0.05, 0) is 43.2 Å². The van der Waals surface area contributed by atoms with Crippen LogP contribution in [0.25, 0.3) is 16.9 Å². The van der Waals surface area contributed by atoms with Crippen molar-refractivity contribution in [1.29, 1.82) is 0 Å². The van der Waals surface area contributed by atoms with Crippen LogP contribution in [0.2, 0.25) is 0 Å². The standard InChI is InChI=1S/C17H14F3N5O/c18-17(19,20)13-6-5-11-15(24-13)25(14(21-11)8-1-2-8)9-3-4-10-12(7-9)23-16(26)22-10/h3-8,16,22-23,26H,1-2H2. The first-order chi connectivity index (χ1) is 12.4. The summed E-state index contributed by atoms with van der Waals surface area (Å²) >= 11 is 0. The van der Waals surface area contributed by atoms with Crippen LogP contribution in [-0.4, -0.2) is 26.0 Å². The number of pyridine rings is 1. The molecule has 1 aromatic carbocycles. The lowest BCUT2D eigenvalue weighted by Crippen LogP contribution is -2.20. The monoisotopic (exact) mass is 361 g/mol.